The summed E-state index contributed by atoms with van der Waals surface area (Å²) in [6.07, 6.45) is 8.76. The van der Waals surface area contributed by atoms with Gasteiger partial charge in [0.2, 0.25) is 0 Å². The fourth-order valence-electron chi connectivity index (χ4n) is 2.07. The Morgan fingerprint density at radius 3 is 1.95 bits per heavy atom. The zero-order valence-electron chi connectivity index (χ0n) is 13.4. The number of ether oxygens (including phenoxy) is 1. The van der Waals surface area contributed by atoms with Crippen molar-refractivity contribution in [3.63, 3.8) is 0 Å². The van der Waals surface area contributed by atoms with E-state index in [9.17, 15) is 4.79 Å². The van der Waals surface area contributed by atoms with Gasteiger partial charge in [-0.1, -0.05) is 45.4 Å². The third-order valence-electron chi connectivity index (χ3n) is 3.89. The molecular formula is C16H32O5. The highest BCUT2D eigenvalue weighted by Crippen LogP contribution is 2.20. The summed E-state index contributed by atoms with van der Waals surface area (Å²) < 4.78 is 5.08. The molecule has 3 N–H and O–H groups in total. The molecule has 126 valence electrons. The van der Waals surface area contributed by atoms with Crippen LogP contribution < -0.4 is 0 Å². The van der Waals surface area contributed by atoms with E-state index in [1.54, 1.807) is 0 Å². The Bertz CT molecular complexity index is 243. The van der Waals surface area contributed by atoms with E-state index in [4.69, 9.17) is 20.1 Å². The molecule has 0 bridgehead atoms. The number of carbonyl (C=O) groups excluding carboxylic acids is 1. The van der Waals surface area contributed by atoms with Gasteiger partial charge in [-0.2, -0.15) is 0 Å². The zero-order valence-corrected chi connectivity index (χ0v) is 13.4. The van der Waals surface area contributed by atoms with Gasteiger partial charge in [0.25, 0.3) is 0 Å². The van der Waals surface area contributed by atoms with Crippen LogP contribution in [0.15, 0.2) is 0 Å². The summed E-state index contributed by atoms with van der Waals surface area (Å²) >= 11 is 0. The summed E-state index contributed by atoms with van der Waals surface area (Å²) in [7, 11) is 0. The van der Waals surface area contributed by atoms with Crippen LogP contribution in [0.25, 0.3) is 0 Å². The average Bonchev–Trinajstić information content (AvgIpc) is 2.51. The fourth-order valence-corrected chi connectivity index (χ4v) is 2.07. The maximum absolute atomic E-state index is 11.5. The van der Waals surface area contributed by atoms with Crippen molar-refractivity contribution < 1.29 is 24.9 Å². The molecule has 0 aliphatic rings. The van der Waals surface area contributed by atoms with Crippen molar-refractivity contribution in [1.29, 1.82) is 0 Å². The Kier molecular flexibility index (Phi) is 12.6. The smallest absolute Gasteiger partial charge is 0.305 e. The predicted octanol–water partition coefficient (Wildman–Crippen LogP) is 2.02. The van der Waals surface area contributed by atoms with E-state index in [0.717, 1.165) is 19.3 Å². The maximum atomic E-state index is 11.5. The van der Waals surface area contributed by atoms with E-state index < -0.39 is 5.41 Å². The first-order valence-electron chi connectivity index (χ1n) is 8.12. The van der Waals surface area contributed by atoms with Crippen molar-refractivity contribution in [2.75, 3.05) is 26.4 Å². The largest absolute Gasteiger partial charge is 0.466 e. The Morgan fingerprint density at radius 2 is 1.43 bits per heavy atom. The van der Waals surface area contributed by atoms with E-state index in [-0.39, 0.29) is 38.8 Å². The van der Waals surface area contributed by atoms with Crippen LogP contribution in [0, 0.1) is 5.41 Å². The van der Waals surface area contributed by atoms with Crippen molar-refractivity contribution in [1.82, 2.24) is 0 Å². The standard InChI is InChI=1S/C16H32O5/c1-2-3-4-5-6-7-8-9-15(20)21-11-10-16(12-17,13-18)14-19/h17-19H,2-14H2,1H3. The predicted molar refractivity (Wildman–Crippen MR) is 81.9 cm³/mol. The second-order valence-electron chi connectivity index (χ2n) is 5.82. The molecule has 0 unspecified atom stereocenters. The number of carbonyl (C=O) groups is 1. The molecular weight excluding hydrogens is 272 g/mol. The van der Waals surface area contributed by atoms with Crippen LogP contribution in [0.4, 0.5) is 0 Å². The van der Waals surface area contributed by atoms with Crippen molar-refractivity contribution >= 4 is 5.97 Å². The minimum Gasteiger partial charge on any atom is -0.466 e. The van der Waals surface area contributed by atoms with Crippen molar-refractivity contribution in [2.24, 2.45) is 5.41 Å². The summed E-state index contributed by atoms with van der Waals surface area (Å²) in [6.45, 7) is 1.34. The van der Waals surface area contributed by atoms with Crippen LogP contribution in [0.5, 0.6) is 0 Å². The van der Waals surface area contributed by atoms with Gasteiger partial charge in [-0.25, -0.2) is 0 Å². The molecule has 0 saturated heterocycles. The molecule has 5 heteroatoms. The molecule has 0 heterocycles. The normalized spacial score (nSPS) is 11.6. The topological polar surface area (TPSA) is 87.0 Å². The summed E-state index contributed by atoms with van der Waals surface area (Å²) in [4.78, 5) is 11.5. The van der Waals surface area contributed by atoms with Crippen molar-refractivity contribution in [2.45, 2.75) is 64.7 Å². The highest BCUT2D eigenvalue weighted by molar-refractivity contribution is 5.69. The first kappa shape index (κ1) is 20.3. The molecule has 0 radical (unpaired) electrons. The first-order chi connectivity index (χ1) is 10.1. The number of esters is 1. The van der Waals surface area contributed by atoms with Gasteiger partial charge in [0.05, 0.1) is 26.4 Å². The van der Waals surface area contributed by atoms with E-state index in [2.05, 4.69) is 6.92 Å². The molecule has 0 aromatic carbocycles. The molecule has 0 saturated carbocycles. The Morgan fingerprint density at radius 1 is 0.905 bits per heavy atom. The van der Waals surface area contributed by atoms with Crippen molar-refractivity contribution in [3.05, 3.63) is 0 Å². The van der Waals surface area contributed by atoms with E-state index in [1.807, 2.05) is 0 Å². The Labute approximate surface area is 128 Å². The molecule has 0 fully saturated rings. The minimum absolute atomic E-state index is 0.122. The average molecular weight is 304 g/mol. The molecule has 0 rings (SSSR count). The number of unbranched alkanes of at least 4 members (excludes halogenated alkanes) is 6. The van der Waals surface area contributed by atoms with Crippen molar-refractivity contribution in [3.8, 4) is 0 Å². The first-order valence-corrected chi connectivity index (χ1v) is 8.12. The highest BCUT2D eigenvalue weighted by Gasteiger charge is 2.28. The summed E-state index contributed by atoms with van der Waals surface area (Å²) in [5.41, 5.74) is -0.959. The van der Waals surface area contributed by atoms with Crippen LogP contribution in [0.1, 0.15) is 64.7 Å². The second-order valence-corrected chi connectivity index (χ2v) is 5.82. The minimum atomic E-state index is -0.959. The van der Waals surface area contributed by atoms with Gasteiger partial charge in [0.15, 0.2) is 0 Å². The summed E-state index contributed by atoms with van der Waals surface area (Å²) in [5, 5.41) is 27.4. The van der Waals surface area contributed by atoms with Gasteiger partial charge >= 0.3 is 5.97 Å². The molecule has 0 atom stereocenters. The molecule has 0 spiro atoms. The van der Waals surface area contributed by atoms with Gasteiger partial charge < -0.3 is 20.1 Å². The third-order valence-corrected chi connectivity index (χ3v) is 3.89. The van der Waals surface area contributed by atoms with Gasteiger partial charge in [0.1, 0.15) is 0 Å². The molecule has 5 nitrogen and oxygen atoms in total. The van der Waals surface area contributed by atoms with Gasteiger partial charge in [0, 0.05) is 11.8 Å². The third kappa shape index (κ3) is 9.82. The van der Waals surface area contributed by atoms with E-state index in [1.165, 1.54) is 25.7 Å². The molecule has 0 aromatic heterocycles. The molecule has 0 aromatic rings. The monoisotopic (exact) mass is 304 g/mol. The second kappa shape index (κ2) is 13.0. The van der Waals surface area contributed by atoms with Crippen LogP contribution in [-0.4, -0.2) is 47.7 Å². The SMILES string of the molecule is CCCCCCCCCC(=O)OCCC(CO)(CO)CO. The molecule has 0 amide bonds. The van der Waals surface area contributed by atoms with E-state index in [0.29, 0.717) is 6.42 Å². The Balaban J connectivity index is 3.58. The lowest BCUT2D eigenvalue weighted by Gasteiger charge is -2.26. The summed E-state index contributed by atoms with van der Waals surface area (Å²) in [6, 6.07) is 0. The molecule has 0 aliphatic heterocycles. The van der Waals surface area contributed by atoms with Crippen LogP contribution >= 0.6 is 0 Å². The number of aliphatic hydroxyl groups is 3. The van der Waals surface area contributed by atoms with E-state index >= 15 is 0 Å². The summed E-state index contributed by atoms with van der Waals surface area (Å²) in [5.74, 6) is -0.244. The zero-order chi connectivity index (χ0) is 16.0. The van der Waals surface area contributed by atoms with Gasteiger partial charge in [-0.05, 0) is 12.8 Å². The quantitative estimate of drug-likeness (QED) is 0.337. The number of rotatable bonds is 14. The number of hydrogen-bond donors (Lipinski definition) is 3. The lowest BCUT2D eigenvalue weighted by atomic mass is 9.88. The number of aliphatic hydroxyl groups excluding tert-OH is 3. The highest BCUT2D eigenvalue weighted by atomic mass is 16.5. The maximum Gasteiger partial charge on any atom is 0.305 e. The number of hydrogen-bond acceptors (Lipinski definition) is 5. The van der Waals surface area contributed by atoms with Crippen LogP contribution in [0.2, 0.25) is 0 Å². The fraction of sp³-hybridized carbons (Fsp3) is 0.938. The lowest BCUT2D eigenvalue weighted by Crippen LogP contribution is -2.35. The van der Waals surface area contributed by atoms with Crippen LogP contribution in [-0.2, 0) is 9.53 Å². The Hall–Kier alpha value is -0.650. The molecule has 21 heavy (non-hydrogen) atoms. The molecule has 0 aliphatic carbocycles. The van der Waals surface area contributed by atoms with Gasteiger partial charge in [-0.15, -0.1) is 0 Å². The van der Waals surface area contributed by atoms with Crippen LogP contribution in [0.3, 0.4) is 0 Å². The lowest BCUT2D eigenvalue weighted by molar-refractivity contribution is -0.145. The van der Waals surface area contributed by atoms with Gasteiger partial charge in [-0.3, -0.25) is 4.79 Å².